The Morgan fingerprint density at radius 3 is 1.82 bits per heavy atom. The van der Waals surface area contributed by atoms with Crippen molar-refractivity contribution in [2.45, 2.75) is 75.0 Å². The van der Waals surface area contributed by atoms with Crippen molar-refractivity contribution < 1.29 is 0 Å². The van der Waals surface area contributed by atoms with E-state index in [4.69, 9.17) is 9.97 Å². The summed E-state index contributed by atoms with van der Waals surface area (Å²) in [6, 6.07) is 59.4. The zero-order valence-corrected chi connectivity index (χ0v) is 35.2. The van der Waals surface area contributed by atoms with E-state index in [-0.39, 0.29) is 10.8 Å². The lowest BCUT2D eigenvalue weighted by Gasteiger charge is -2.37. The molecule has 0 saturated heterocycles. The summed E-state index contributed by atoms with van der Waals surface area (Å²) in [6.45, 7) is 0. The Morgan fingerprint density at radius 2 is 1.00 bits per heavy atom. The quantitative estimate of drug-likeness (QED) is 0.177. The van der Waals surface area contributed by atoms with Gasteiger partial charge in [-0.15, -0.1) is 11.3 Å². The van der Waals surface area contributed by atoms with Gasteiger partial charge in [0.15, 0.2) is 5.82 Å². The molecule has 3 heteroatoms. The van der Waals surface area contributed by atoms with Crippen molar-refractivity contribution in [1.82, 2.24) is 9.97 Å². The van der Waals surface area contributed by atoms with E-state index in [0.717, 1.165) is 32.9 Å². The van der Waals surface area contributed by atoms with E-state index in [1.54, 1.807) is 33.6 Å². The van der Waals surface area contributed by atoms with Crippen molar-refractivity contribution in [3.8, 4) is 67.2 Å². The molecule has 2 aromatic heterocycles. The summed E-state index contributed by atoms with van der Waals surface area (Å²) in [5.74, 6) is 0.763. The van der Waals surface area contributed by atoms with Crippen molar-refractivity contribution >= 4 is 31.6 Å². The molecule has 61 heavy (non-hydrogen) atoms. The van der Waals surface area contributed by atoms with Crippen LogP contribution in [0.4, 0.5) is 0 Å². The maximum Gasteiger partial charge on any atom is 0.160 e. The molecule has 0 radical (unpaired) electrons. The van der Waals surface area contributed by atoms with Gasteiger partial charge >= 0.3 is 0 Å². The second-order valence-corrected chi connectivity index (χ2v) is 19.3. The first-order chi connectivity index (χ1) is 30.2. The normalized spacial score (nSPS) is 16.8. The molecule has 7 aromatic carbocycles. The molecule has 2 heterocycles. The minimum atomic E-state index is 0.0832. The van der Waals surface area contributed by atoms with Crippen LogP contribution in [0, 0.1) is 0 Å². The zero-order valence-electron chi connectivity index (χ0n) is 34.4. The second kappa shape index (κ2) is 13.7. The highest BCUT2D eigenvalue weighted by atomic mass is 32.1. The van der Waals surface area contributed by atoms with Gasteiger partial charge in [-0.1, -0.05) is 172 Å². The lowest BCUT2D eigenvalue weighted by atomic mass is 9.66. The third-order valence-electron chi connectivity index (χ3n) is 15.1. The van der Waals surface area contributed by atoms with Crippen LogP contribution in [0.25, 0.3) is 87.5 Å². The molecule has 294 valence electrons. The maximum absolute atomic E-state index is 5.24. The van der Waals surface area contributed by atoms with Gasteiger partial charge < -0.3 is 0 Å². The first-order valence-corrected chi connectivity index (χ1v) is 23.4. The average Bonchev–Trinajstić information content (AvgIpc) is 3.93. The van der Waals surface area contributed by atoms with Crippen LogP contribution in [0.15, 0.2) is 158 Å². The van der Waals surface area contributed by atoms with Crippen LogP contribution in [0.2, 0.25) is 0 Å². The van der Waals surface area contributed by atoms with Crippen molar-refractivity contribution in [3.05, 3.63) is 180 Å². The highest BCUT2D eigenvalue weighted by Crippen LogP contribution is 2.63. The smallest absolute Gasteiger partial charge is 0.160 e. The average molecular weight is 803 g/mol. The lowest BCUT2D eigenvalue weighted by molar-refractivity contribution is 0.350. The van der Waals surface area contributed by atoms with E-state index >= 15 is 0 Å². The number of thiophene rings is 1. The number of hydrogen-bond donors (Lipinski definition) is 0. The van der Waals surface area contributed by atoms with Gasteiger partial charge in [-0.05, 0) is 117 Å². The SMILES string of the molecule is c1ccc(-c2nc(-c3ccc(-c4cccc(-c5cccc6c5-c5cc7c(cc5C65CCCCC5)-c5ccccc5C75CCCCC5)c4)cc3)c3sc4ccccc4c3n2)cc1. The zero-order chi connectivity index (χ0) is 40.1. The molecule has 0 N–H and O–H groups in total. The van der Waals surface area contributed by atoms with Gasteiger partial charge in [-0.25, -0.2) is 9.97 Å². The molecule has 13 rings (SSSR count). The van der Waals surface area contributed by atoms with Crippen LogP contribution in [-0.2, 0) is 10.8 Å². The predicted octanol–water partition coefficient (Wildman–Crippen LogP) is 16.0. The Labute approximate surface area is 362 Å². The molecule has 9 aromatic rings. The van der Waals surface area contributed by atoms with Crippen LogP contribution in [0.3, 0.4) is 0 Å². The molecule has 2 spiro atoms. The number of benzene rings is 7. The Kier molecular flexibility index (Phi) is 7.98. The minimum absolute atomic E-state index is 0.0832. The number of aromatic nitrogens is 2. The van der Waals surface area contributed by atoms with Crippen LogP contribution < -0.4 is 0 Å². The van der Waals surface area contributed by atoms with Crippen molar-refractivity contribution in [3.63, 3.8) is 0 Å². The molecule has 0 atom stereocenters. The molecule has 0 aliphatic heterocycles. The monoisotopic (exact) mass is 802 g/mol. The Balaban J connectivity index is 0.928. The molecular weight excluding hydrogens is 757 g/mol. The number of hydrogen-bond acceptors (Lipinski definition) is 3. The Bertz CT molecular complexity index is 3200. The van der Waals surface area contributed by atoms with E-state index in [9.17, 15) is 0 Å². The molecule has 4 aliphatic rings. The van der Waals surface area contributed by atoms with E-state index in [0.29, 0.717) is 0 Å². The summed E-state index contributed by atoms with van der Waals surface area (Å²) in [7, 11) is 0. The maximum atomic E-state index is 5.24. The van der Waals surface area contributed by atoms with Gasteiger partial charge in [0.1, 0.15) is 0 Å². The summed E-state index contributed by atoms with van der Waals surface area (Å²) in [5, 5.41) is 1.18. The second-order valence-electron chi connectivity index (χ2n) is 18.2. The summed E-state index contributed by atoms with van der Waals surface area (Å²) < 4.78 is 2.37. The predicted molar refractivity (Wildman–Crippen MR) is 255 cm³/mol. The first-order valence-electron chi connectivity index (χ1n) is 22.6. The Morgan fingerprint density at radius 1 is 0.393 bits per heavy atom. The topological polar surface area (TPSA) is 25.8 Å². The Hall–Kier alpha value is -6.16. The summed E-state index contributed by atoms with van der Waals surface area (Å²) in [4.78, 5) is 10.4. The van der Waals surface area contributed by atoms with Gasteiger partial charge in [0.25, 0.3) is 0 Å². The summed E-state index contributed by atoms with van der Waals surface area (Å²) in [5.41, 5.74) is 21.8. The summed E-state index contributed by atoms with van der Waals surface area (Å²) >= 11 is 1.78. The molecule has 0 unspecified atom stereocenters. The molecule has 2 saturated carbocycles. The highest BCUT2D eigenvalue weighted by Gasteiger charge is 2.49. The van der Waals surface area contributed by atoms with Crippen LogP contribution >= 0.6 is 11.3 Å². The molecular formula is C58H46N2S. The lowest BCUT2D eigenvalue weighted by Crippen LogP contribution is -2.29. The highest BCUT2D eigenvalue weighted by molar-refractivity contribution is 7.26. The van der Waals surface area contributed by atoms with Crippen LogP contribution in [0.5, 0.6) is 0 Å². The van der Waals surface area contributed by atoms with Gasteiger partial charge in [0, 0.05) is 32.0 Å². The molecule has 4 aliphatic carbocycles. The van der Waals surface area contributed by atoms with Crippen molar-refractivity contribution in [2.24, 2.45) is 0 Å². The third kappa shape index (κ3) is 5.26. The van der Waals surface area contributed by atoms with Crippen molar-refractivity contribution in [2.75, 3.05) is 0 Å². The summed E-state index contributed by atoms with van der Waals surface area (Å²) in [6.07, 6.45) is 12.9. The fourth-order valence-electron chi connectivity index (χ4n) is 12.3. The van der Waals surface area contributed by atoms with Gasteiger partial charge in [-0.2, -0.15) is 0 Å². The van der Waals surface area contributed by atoms with Crippen molar-refractivity contribution in [1.29, 1.82) is 0 Å². The van der Waals surface area contributed by atoms with Gasteiger partial charge in [0.2, 0.25) is 0 Å². The molecule has 0 bridgehead atoms. The fourth-order valence-corrected chi connectivity index (χ4v) is 13.5. The molecule has 0 amide bonds. The van der Waals surface area contributed by atoms with Gasteiger partial charge in [0.05, 0.1) is 15.9 Å². The van der Waals surface area contributed by atoms with Crippen LogP contribution in [0.1, 0.15) is 86.5 Å². The largest absolute Gasteiger partial charge is 0.226 e. The standard InChI is InChI=1S/C58H46N2S/c1-4-16-39(17-5-1)56-59-53(55-54(60-56)44-21-7-9-25-51(44)61-55)38-28-26-37(27-29-38)40-18-14-19-41(34-40)42-22-15-24-48-52(42)46-36-49-45(35-50(46)58(48)32-12-3-13-33-58)43-20-6-8-23-47(43)57(49)30-10-2-11-31-57/h1,4-9,14-29,34-36H,2-3,10-13,30-33H2. The van der Waals surface area contributed by atoms with Gasteiger partial charge in [-0.3, -0.25) is 0 Å². The van der Waals surface area contributed by atoms with E-state index < -0.39 is 0 Å². The van der Waals surface area contributed by atoms with E-state index in [2.05, 4.69) is 152 Å². The number of nitrogens with zero attached hydrogens (tertiary/aromatic N) is 2. The minimum Gasteiger partial charge on any atom is -0.226 e. The number of fused-ring (bicyclic) bond motifs is 13. The molecule has 2 fully saturated rings. The third-order valence-corrected chi connectivity index (χ3v) is 16.3. The van der Waals surface area contributed by atoms with Crippen LogP contribution in [-0.4, -0.2) is 9.97 Å². The fraction of sp³-hybridized carbons (Fsp3) is 0.207. The molecule has 2 nitrogen and oxygen atoms in total. The van der Waals surface area contributed by atoms with E-state index in [1.807, 2.05) is 6.07 Å². The first kappa shape index (κ1) is 35.6. The number of rotatable bonds is 4. The van der Waals surface area contributed by atoms with E-state index in [1.165, 1.54) is 119 Å².